The molecule has 13 heavy (non-hydrogen) atoms. The van der Waals surface area contributed by atoms with Gasteiger partial charge in [-0.25, -0.2) is 0 Å². The highest BCUT2D eigenvalue weighted by atomic mass is 35.5. The van der Waals surface area contributed by atoms with Crippen LogP contribution in [0.5, 0.6) is 0 Å². The molecular weight excluding hydrogens is 190 g/mol. The first-order valence-electron chi connectivity index (χ1n) is 3.87. The van der Waals surface area contributed by atoms with Crippen molar-refractivity contribution in [2.75, 3.05) is 17.7 Å². The van der Waals surface area contributed by atoms with Crippen molar-refractivity contribution >= 4 is 23.1 Å². The molecule has 2 aromatic rings. The van der Waals surface area contributed by atoms with Crippen molar-refractivity contribution in [1.82, 2.24) is 19.8 Å². The zero-order chi connectivity index (χ0) is 9.10. The number of rotatable bonds is 3. The molecule has 0 bridgehead atoms. The summed E-state index contributed by atoms with van der Waals surface area (Å²) in [5, 5.41) is 14.8. The van der Waals surface area contributed by atoms with Crippen molar-refractivity contribution in [3.8, 4) is 0 Å². The Balaban J connectivity index is 2.26. The first kappa shape index (κ1) is 8.25. The molecule has 2 heterocycles. The predicted molar refractivity (Wildman–Crippen MR) is 50.0 cm³/mol. The van der Waals surface area contributed by atoms with Crippen molar-refractivity contribution < 1.29 is 0 Å². The van der Waals surface area contributed by atoms with Gasteiger partial charge in [0, 0.05) is 12.4 Å². The van der Waals surface area contributed by atoms with Crippen molar-refractivity contribution in [3.05, 3.63) is 18.5 Å². The highest BCUT2D eigenvalue weighted by molar-refractivity contribution is 6.18. The average molecular weight is 198 g/mol. The standard InChI is InChI=1S/C7H8ClN5/c8-3-4-9-6-1-2-7-11-10-5-13(7)12-6/h1-2,5H,3-4H2,(H,9,12). The molecule has 5 nitrogen and oxygen atoms in total. The molecule has 0 aromatic carbocycles. The number of hydrogen-bond acceptors (Lipinski definition) is 4. The molecule has 0 unspecified atom stereocenters. The molecule has 0 amide bonds. The first-order valence-corrected chi connectivity index (χ1v) is 4.40. The number of nitrogens with one attached hydrogen (secondary N) is 1. The number of hydrogen-bond donors (Lipinski definition) is 1. The van der Waals surface area contributed by atoms with Gasteiger partial charge in [0.1, 0.15) is 12.1 Å². The predicted octanol–water partition coefficient (Wildman–Crippen LogP) is 0.775. The molecule has 2 rings (SSSR count). The summed E-state index contributed by atoms with van der Waals surface area (Å²) < 4.78 is 1.61. The second-order valence-electron chi connectivity index (χ2n) is 2.47. The molecule has 0 saturated carbocycles. The van der Waals surface area contributed by atoms with Gasteiger partial charge >= 0.3 is 0 Å². The fraction of sp³-hybridized carbons (Fsp3) is 0.286. The molecule has 68 valence electrons. The molecule has 0 saturated heterocycles. The highest BCUT2D eigenvalue weighted by Gasteiger charge is 1.97. The van der Waals surface area contributed by atoms with Crippen LogP contribution in [0, 0.1) is 0 Å². The molecule has 0 aliphatic heterocycles. The Bertz CT molecular complexity index is 398. The molecule has 0 atom stereocenters. The number of anilines is 1. The largest absolute Gasteiger partial charge is 0.367 e. The van der Waals surface area contributed by atoms with Gasteiger partial charge in [-0.15, -0.1) is 26.9 Å². The van der Waals surface area contributed by atoms with E-state index in [1.54, 1.807) is 10.8 Å². The van der Waals surface area contributed by atoms with E-state index in [0.717, 1.165) is 11.5 Å². The van der Waals surface area contributed by atoms with Crippen molar-refractivity contribution in [2.24, 2.45) is 0 Å². The van der Waals surface area contributed by atoms with Crippen LogP contribution in [0.15, 0.2) is 18.5 Å². The van der Waals surface area contributed by atoms with Crippen LogP contribution in [-0.2, 0) is 0 Å². The summed E-state index contributed by atoms with van der Waals surface area (Å²) in [4.78, 5) is 0. The van der Waals surface area contributed by atoms with E-state index in [4.69, 9.17) is 11.6 Å². The molecule has 0 aliphatic rings. The summed E-state index contributed by atoms with van der Waals surface area (Å²) in [6, 6.07) is 3.69. The topological polar surface area (TPSA) is 55.1 Å². The number of alkyl halides is 1. The summed E-state index contributed by atoms with van der Waals surface area (Å²) in [5.41, 5.74) is 0.733. The summed E-state index contributed by atoms with van der Waals surface area (Å²) >= 11 is 5.53. The second kappa shape index (κ2) is 3.57. The number of nitrogens with zero attached hydrogens (tertiary/aromatic N) is 4. The highest BCUT2D eigenvalue weighted by Crippen LogP contribution is 2.03. The Morgan fingerprint density at radius 1 is 1.46 bits per heavy atom. The fourth-order valence-corrected chi connectivity index (χ4v) is 1.09. The third-order valence-corrected chi connectivity index (χ3v) is 1.75. The lowest BCUT2D eigenvalue weighted by Gasteiger charge is -2.01. The van der Waals surface area contributed by atoms with E-state index in [0.29, 0.717) is 12.4 Å². The summed E-state index contributed by atoms with van der Waals surface area (Å²) in [6.45, 7) is 0.697. The monoisotopic (exact) mass is 197 g/mol. The van der Waals surface area contributed by atoms with Crippen LogP contribution in [0.25, 0.3) is 5.65 Å². The molecule has 0 aliphatic carbocycles. The van der Waals surface area contributed by atoms with E-state index in [1.807, 2.05) is 12.1 Å². The molecule has 1 N–H and O–H groups in total. The van der Waals surface area contributed by atoms with Gasteiger partial charge in [-0.05, 0) is 12.1 Å². The Labute approximate surface area is 79.7 Å². The first-order chi connectivity index (χ1) is 6.40. The van der Waals surface area contributed by atoms with E-state index in [2.05, 4.69) is 20.6 Å². The third kappa shape index (κ3) is 1.70. The minimum Gasteiger partial charge on any atom is -0.367 e. The second-order valence-corrected chi connectivity index (χ2v) is 2.85. The summed E-state index contributed by atoms with van der Waals surface area (Å²) in [7, 11) is 0. The summed E-state index contributed by atoms with van der Waals surface area (Å²) in [5.74, 6) is 1.33. The average Bonchev–Trinajstić information content (AvgIpc) is 2.61. The lowest BCUT2D eigenvalue weighted by molar-refractivity contribution is 0.922. The van der Waals surface area contributed by atoms with Gasteiger partial charge in [0.25, 0.3) is 0 Å². The van der Waals surface area contributed by atoms with Gasteiger partial charge in [-0.2, -0.15) is 4.52 Å². The Morgan fingerprint density at radius 3 is 3.23 bits per heavy atom. The smallest absolute Gasteiger partial charge is 0.177 e. The van der Waals surface area contributed by atoms with E-state index in [1.165, 1.54) is 0 Å². The van der Waals surface area contributed by atoms with Crippen molar-refractivity contribution in [2.45, 2.75) is 0 Å². The van der Waals surface area contributed by atoms with Gasteiger partial charge in [-0.3, -0.25) is 0 Å². The molecule has 2 aromatic heterocycles. The Hall–Kier alpha value is -1.36. The summed E-state index contributed by atoms with van der Waals surface area (Å²) in [6.07, 6.45) is 1.56. The normalized spacial score (nSPS) is 10.5. The van der Waals surface area contributed by atoms with Crippen LogP contribution in [-0.4, -0.2) is 32.2 Å². The zero-order valence-electron chi connectivity index (χ0n) is 6.81. The van der Waals surface area contributed by atoms with Crippen LogP contribution in [0.1, 0.15) is 0 Å². The molecule has 6 heteroatoms. The van der Waals surface area contributed by atoms with Gasteiger partial charge in [0.15, 0.2) is 5.65 Å². The lowest BCUT2D eigenvalue weighted by atomic mass is 10.5. The Kier molecular flexibility index (Phi) is 2.27. The molecule has 0 radical (unpaired) electrons. The Morgan fingerprint density at radius 2 is 2.38 bits per heavy atom. The molecule has 0 spiro atoms. The van der Waals surface area contributed by atoms with E-state index in [-0.39, 0.29) is 0 Å². The van der Waals surface area contributed by atoms with Gasteiger partial charge in [0.2, 0.25) is 0 Å². The van der Waals surface area contributed by atoms with Crippen LogP contribution < -0.4 is 5.32 Å². The van der Waals surface area contributed by atoms with E-state index < -0.39 is 0 Å². The van der Waals surface area contributed by atoms with Gasteiger partial charge < -0.3 is 5.32 Å². The lowest BCUT2D eigenvalue weighted by Crippen LogP contribution is -2.05. The van der Waals surface area contributed by atoms with E-state index in [9.17, 15) is 0 Å². The van der Waals surface area contributed by atoms with E-state index >= 15 is 0 Å². The SMILES string of the molecule is ClCCNc1ccc2nncn2n1. The number of halogens is 1. The quantitative estimate of drug-likeness (QED) is 0.739. The van der Waals surface area contributed by atoms with Crippen LogP contribution >= 0.6 is 11.6 Å². The van der Waals surface area contributed by atoms with Gasteiger partial charge in [0.05, 0.1) is 0 Å². The third-order valence-electron chi connectivity index (χ3n) is 1.56. The minimum absolute atomic E-state index is 0.557. The molecular formula is C7H8ClN5. The van der Waals surface area contributed by atoms with Gasteiger partial charge in [-0.1, -0.05) is 0 Å². The fourth-order valence-electron chi connectivity index (χ4n) is 0.998. The molecule has 0 fully saturated rings. The van der Waals surface area contributed by atoms with Crippen molar-refractivity contribution in [1.29, 1.82) is 0 Å². The number of fused-ring (bicyclic) bond motifs is 1. The maximum atomic E-state index is 5.53. The zero-order valence-corrected chi connectivity index (χ0v) is 7.57. The van der Waals surface area contributed by atoms with Crippen LogP contribution in [0.2, 0.25) is 0 Å². The van der Waals surface area contributed by atoms with Crippen LogP contribution in [0.4, 0.5) is 5.82 Å². The maximum Gasteiger partial charge on any atom is 0.177 e. The minimum atomic E-state index is 0.557. The maximum absolute atomic E-state index is 5.53. The number of aromatic nitrogens is 4. The van der Waals surface area contributed by atoms with Crippen molar-refractivity contribution in [3.63, 3.8) is 0 Å². The van der Waals surface area contributed by atoms with Crippen LogP contribution in [0.3, 0.4) is 0 Å².